The molecule has 1 aliphatic heterocycles. The molecule has 1 aromatic carbocycles. The van der Waals surface area contributed by atoms with Crippen LogP contribution in [0.3, 0.4) is 0 Å². The fraction of sp³-hybridized carbons (Fsp3) is 0.611. The summed E-state index contributed by atoms with van der Waals surface area (Å²) in [5.74, 6) is 0.952. The van der Waals surface area contributed by atoms with Crippen LogP contribution in [0, 0.1) is 0 Å². The van der Waals surface area contributed by atoms with Crippen LogP contribution in [-0.2, 0) is 4.74 Å². The first-order valence-corrected chi connectivity index (χ1v) is 8.64. The van der Waals surface area contributed by atoms with Crippen molar-refractivity contribution < 1.29 is 33.5 Å². The fourth-order valence-electron chi connectivity index (χ4n) is 3.13. The van der Waals surface area contributed by atoms with Gasteiger partial charge in [-0.3, -0.25) is 0 Å². The van der Waals surface area contributed by atoms with Gasteiger partial charge in [-0.1, -0.05) is 0 Å². The van der Waals surface area contributed by atoms with Crippen molar-refractivity contribution in [2.75, 3.05) is 61.1 Å². The average Bonchev–Trinajstić information content (AvgIpc) is 2.62. The van der Waals surface area contributed by atoms with E-state index in [-0.39, 0.29) is 12.1 Å². The number of piperazine rings is 1. The second kappa shape index (κ2) is 8.92. The largest absolute Gasteiger partial charge is 0.493 e. The monoisotopic (exact) mass is 354 g/mol. The van der Waals surface area contributed by atoms with Crippen LogP contribution in [0.1, 0.15) is 17.3 Å². The van der Waals surface area contributed by atoms with Crippen molar-refractivity contribution in [1.82, 2.24) is 0 Å². The normalized spacial score (nSPS) is 21.3. The van der Waals surface area contributed by atoms with E-state index < -0.39 is 0 Å². The minimum atomic E-state index is -0.383. The Morgan fingerprint density at radius 1 is 1.04 bits per heavy atom. The van der Waals surface area contributed by atoms with Gasteiger partial charge in [0, 0.05) is 0 Å². The Kier molecular flexibility index (Phi) is 6.90. The highest BCUT2D eigenvalue weighted by molar-refractivity contribution is 5.91. The molecular weight excluding hydrogens is 324 g/mol. The van der Waals surface area contributed by atoms with E-state index in [1.54, 1.807) is 17.0 Å². The summed E-state index contributed by atoms with van der Waals surface area (Å²) >= 11 is 0. The molecule has 2 rings (SSSR count). The molecule has 0 radical (unpaired) electrons. The number of nitrogens with one attached hydrogen (secondary N) is 2. The third kappa shape index (κ3) is 4.99. The Morgan fingerprint density at radius 3 is 2.08 bits per heavy atom. The molecule has 7 nitrogen and oxygen atoms in total. The van der Waals surface area contributed by atoms with Crippen LogP contribution in [0.15, 0.2) is 12.1 Å². The number of hydrogen-bond acceptors (Lipinski definition) is 5. The van der Waals surface area contributed by atoms with Gasteiger partial charge >= 0.3 is 5.97 Å². The van der Waals surface area contributed by atoms with E-state index in [0.29, 0.717) is 22.8 Å². The molecule has 140 valence electrons. The lowest BCUT2D eigenvalue weighted by Crippen LogP contribution is -3.27. The highest BCUT2D eigenvalue weighted by Gasteiger charge is 2.24. The van der Waals surface area contributed by atoms with Gasteiger partial charge in [-0.15, -0.1) is 0 Å². The Morgan fingerprint density at radius 2 is 1.60 bits per heavy atom. The first-order chi connectivity index (χ1) is 12.0. The maximum absolute atomic E-state index is 12.5. The number of carbonyl (C=O) groups excluding carboxylic acids is 1. The molecule has 1 heterocycles. The number of likely N-dealkylation sites (N-methyl/N-ethyl adjacent to an activating group) is 1. The van der Waals surface area contributed by atoms with Crippen molar-refractivity contribution >= 4 is 5.97 Å². The van der Waals surface area contributed by atoms with Gasteiger partial charge in [-0.05, 0) is 19.1 Å². The third-order valence-corrected chi connectivity index (χ3v) is 4.60. The molecule has 0 spiro atoms. The lowest BCUT2D eigenvalue weighted by Gasteiger charge is -2.28. The van der Waals surface area contributed by atoms with Crippen molar-refractivity contribution in [3.05, 3.63) is 17.7 Å². The third-order valence-electron chi connectivity index (χ3n) is 4.60. The van der Waals surface area contributed by atoms with Crippen molar-refractivity contribution in [2.24, 2.45) is 0 Å². The first kappa shape index (κ1) is 19.3. The molecule has 1 fully saturated rings. The van der Waals surface area contributed by atoms with Crippen LogP contribution in [0.4, 0.5) is 0 Å². The highest BCUT2D eigenvalue weighted by atomic mass is 16.5. The van der Waals surface area contributed by atoms with E-state index in [4.69, 9.17) is 18.9 Å². The van der Waals surface area contributed by atoms with Crippen molar-refractivity contribution in [2.45, 2.75) is 13.0 Å². The molecule has 25 heavy (non-hydrogen) atoms. The second-order valence-corrected chi connectivity index (χ2v) is 6.54. The van der Waals surface area contributed by atoms with Crippen molar-refractivity contribution in [1.29, 1.82) is 0 Å². The van der Waals surface area contributed by atoms with Crippen LogP contribution >= 0.6 is 0 Å². The Balaban J connectivity index is 2.02. The summed E-state index contributed by atoms with van der Waals surface area (Å²) in [6.45, 7) is 7.29. The minimum absolute atomic E-state index is 0.153. The van der Waals surface area contributed by atoms with Gasteiger partial charge < -0.3 is 28.7 Å². The molecule has 0 unspecified atom stereocenters. The van der Waals surface area contributed by atoms with E-state index in [9.17, 15) is 4.79 Å². The predicted molar refractivity (Wildman–Crippen MR) is 93.2 cm³/mol. The number of methoxy groups -OCH3 is 3. The molecular formula is C18H30N2O5+2. The van der Waals surface area contributed by atoms with Crippen LogP contribution in [-0.4, -0.2) is 73.2 Å². The predicted octanol–water partition coefficient (Wildman–Crippen LogP) is -1.33. The van der Waals surface area contributed by atoms with Crippen LogP contribution in [0.2, 0.25) is 0 Å². The summed E-state index contributed by atoms with van der Waals surface area (Å²) in [6.07, 6.45) is -0.153. The number of carbonyl (C=O) groups is 1. The zero-order valence-electron chi connectivity index (χ0n) is 15.8. The molecule has 0 aliphatic carbocycles. The summed E-state index contributed by atoms with van der Waals surface area (Å²) in [4.78, 5) is 15.5. The summed E-state index contributed by atoms with van der Waals surface area (Å²) in [7, 11) is 6.78. The molecule has 0 bridgehead atoms. The fourth-order valence-corrected chi connectivity index (χ4v) is 3.13. The van der Waals surface area contributed by atoms with E-state index >= 15 is 0 Å². The molecule has 1 aromatic rings. The zero-order valence-corrected chi connectivity index (χ0v) is 15.8. The van der Waals surface area contributed by atoms with Crippen LogP contribution < -0.4 is 24.0 Å². The van der Waals surface area contributed by atoms with Gasteiger partial charge in [0.15, 0.2) is 11.5 Å². The van der Waals surface area contributed by atoms with E-state index in [1.165, 1.54) is 26.2 Å². The average molecular weight is 354 g/mol. The zero-order chi connectivity index (χ0) is 18.4. The van der Waals surface area contributed by atoms with Gasteiger partial charge in [-0.25, -0.2) is 4.79 Å². The van der Waals surface area contributed by atoms with E-state index in [1.807, 2.05) is 6.92 Å². The Labute approximate surface area is 149 Å². The Hall–Kier alpha value is -1.99. The SMILES string of the molecule is COc1cc(C(=O)O[C@@H](C)C[NH+]2CC[NH+](C)CC2)cc(OC)c1OC. The highest BCUT2D eigenvalue weighted by Crippen LogP contribution is 2.38. The van der Waals surface area contributed by atoms with Crippen molar-refractivity contribution in [3.63, 3.8) is 0 Å². The van der Waals surface area contributed by atoms with Gasteiger partial charge in [0.25, 0.3) is 0 Å². The number of hydrogen-bond donors (Lipinski definition) is 2. The first-order valence-electron chi connectivity index (χ1n) is 8.64. The number of rotatable bonds is 7. The molecule has 2 N–H and O–H groups in total. The van der Waals surface area contributed by atoms with Gasteiger partial charge in [-0.2, -0.15) is 0 Å². The maximum Gasteiger partial charge on any atom is 0.338 e. The van der Waals surface area contributed by atoms with Crippen LogP contribution in [0.5, 0.6) is 17.2 Å². The topological polar surface area (TPSA) is 62.9 Å². The molecule has 7 heteroatoms. The van der Waals surface area contributed by atoms with Gasteiger partial charge in [0.05, 0.1) is 33.9 Å². The van der Waals surface area contributed by atoms with E-state index in [2.05, 4.69) is 7.05 Å². The number of benzene rings is 1. The standard InChI is InChI=1S/C18H28N2O5/c1-13(12-20-8-6-19(2)7-9-20)25-18(21)14-10-15(22-3)17(24-5)16(11-14)23-4/h10-11,13H,6-9,12H2,1-5H3/p+2/t13-/m0/s1. The maximum atomic E-state index is 12.5. The number of ether oxygens (including phenoxy) is 4. The van der Waals surface area contributed by atoms with Gasteiger partial charge in [0.2, 0.25) is 5.75 Å². The molecule has 1 saturated heterocycles. The second-order valence-electron chi connectivity index (χ2n) is 6.54. The van der Waals surface area contributed by atoms with Crippen LogP contribution in [0.25, 0.3) is 0 Å². The Bertz CT molecular complexity index is 560. The summed E-state index contributed by atoms with van der Waals surface area (Å²) < 4.78 is 21.5. The van der Waals surface area contributed by atoms with Crippen molar-refractivity contribution in [3.8, 4) is 17.2 Å². The van der Waals surface area contributed by atoms with Gasteiger partial charge in [0.1, 0.15) is 38.8 Å². The minimum Gasteiger partial charge on any atom is -0.493 e. The van der Waals surface area contributed by atoms with E-state index in [0.717, 1.165) is 32.7 Å². The quantitative estimate of drug-likeness (QED) is 0.594. The number of esters is 1. The summed E-state index contributed by atoms with van der Waals surface area (Å²) in [5, 5.41) is 0. The summed E-state index contributed by atoms with van der Waals surface area (Å²) in [6, 6.07) is 3.23. The lowest BCUT2D eigenvalue weighted by molar-refractivity contribution is -1.00. The molecule has 0 saturated carbocycles. The smallest absolute Gasteiger partial charge is 0.338 e. The molecule has 1 atom stereocenters. The summed E-state index contributed by atoms with van der Waals surface area (Å²) in [5.41, 5.74) is 0.388. The molecule has 0 amide bonds. The molecule has 1 aliphatic rings. The molecule has 0 aromatic heterocycles. The number of quaternary nitrogens is 2. The lowest BCUT2D eigenvalue weighted by atomic mass is 10.2.